The molecule has 3 N–H and O–H groups in total. The first-order valence-corrected chi connectivity index (χ1v) is 13.7. The number of morpholine rings is 1. The average Bonchev–Trinajstić information content (AvgIpc) is 2.93. The maximum atomic E-state index is 13.5. The smallest absolute Gasteiger partial charge is 0.318 e. The first-order valence-electron chi connectivity index (χ1n) is 13.7. The second kappa shape index (κ2) is 15.4. The molecule has 1 heterocycles. The molecule has 1 aromatic carbocycles. The number of carbonyl (C=O) groups excluding carboxylic acids is 4. The van der Waals surface area contributed by atoms with Crippen molar-refractivity contribution >= 4 is 23.6 Å². The molecule has 2 fully saturated rings. The summed E-state index contributed by atoms with van der Waals surface area (Å²) in [4.78, 5) is 53.7. The molecule has 0 spiro atoms. The molecule has 38 heavy (non-hydrogen) atoms. The van der Waals surface area contributed by atoms with E-state index in [1.165, 1.54) is 6.42 Å². The highest BCUT2D eigenvalue weighted by molar-refractivity contribution is 6.38. The number of nitrogens with one attached hydrogen (secondary N) is 3. The maximum Gasteiger partial charge on any atom is 0.318 e. The third-order valence-corrected chi connectivity index (χ3v) is 6.88. The Balaban J connectivity index is 1.70. The van der Waals surface area contributed by atoms with Crippen molar-refractivity contribution in [3.05, 3.63) is 35.9 Å². The van der Waals surface area contributed by atoms with Gasteiger partial charge in [-0.3, -0.25) is 14.4 Å². The van der Waals surface area contributed by atoms with Gasteiger partial charge in [-0.05, 0) is 31.7 Å². The van der Waals surface area contributed by atoms with Gasteiger partial charge in [-0.2, -0.15) is 0 Å². The standard InChI is InChI=1S/C28H42N4O6/c1-20(2)29-27(35)25(33)24(19-38-18-22-11-7-4-8-12-22)30-26(34)23(17-21-9-5-3-6-10-21)31-28(36)32-13-15-37-16-14-32/h4,7-8,11-12,20-21,23-24H,3,5-6,9-10,13-19H2,1-2H3,(H,29,35)(H,30,34)(H,31,36)/t23-,24?/m0/s1. The van der Waals surface area contributed by atoms with Crippen molar-refractivity contribution in [3.63, 3.8) is 0 Å². The van der Waals surface area contributed by atoms with Crippen LogP contribution in [0.5, 0.6) is 0 Å². The number of hydrogen-bond donors (Lipinski definition) is 3. The first kappa shape index (κ1) is 29.6. The molecular weight excluding hydrogens is 488 g/mol. The molecule has 2 aliphatic rings. The van der Waals surface area contributed by atoms with E-state index in [0.717, 1.165) is 31.2 Å². The van der Waals surface area contributed by atoms with Crippen LogP contribution in [0.2, 0.25) is 0 Å². The van der Waals surface area contributed by atoms with Crippen molar-refractivity contribution in [2.75, 3.05) is 32.9 Å². The van der Waals surface area contributed by atoms with E-state index in [9.17, 15) is 19.2 Å². The third-order valence-electron chi connectivity index (χ3n) is 6.88. The number of urea groups is 1. The van der Waals surface area contributed by atoms with Gasteiger partial charge in [0.15, 0.2) is 0 Å². The molecule has 3 rings (SSSR count). The molecule has 1 saturated heterocycles. The van der Waals surface area contributed by atoms with Gasteiger partial charge >= 0.3 is 6.03 Å². The Morgan fingerprint density at radius 2 is 1.63 bits per heavy atom. The number of rotatable bonds is 12. The quantitative estimate of drug-likeness (QED) is 0.356. The van der Waals surface area contributed by atoms with Gasteiger partial charge in [0.25, 0.3) is 5.91 Å². The second-order valence-electron chi connectivity index (χ2n) is 10.4. The Bertz CT molecular complexity index is 913. The maximum absolute atomic E-state index is 13.5. The van der Waals surface area contributed by atoms with Crippen LogP contribution in [0.3, 0.4) is 0 Å². The fourth-order valence-corrected chi connectivity index (χ4v) is 4.81. The highest BCUT2D eigenvalue weighted by atomic mass is 16.5. The number of amides is 4. The van der Waals surface area contributed by atoms with E-state index >= 15 is 0 Å². The van der Waals surface area contributed by atoms with Crippen LogP contribution >= 0.6 is 0 Å². The summed E-state index contributed by atoms with van der Waals surface area (Å²) in [6.07, 6.45) is 5.84. The van der Waals surface area contributed by atoms with E-state index in [1.54, 1.807) is 18.7 Å². The van der Waals surface area contributed by atoms with Gasteiger partial charge in [-0.25, -0.2) is 4.79 Å². The van der Waals surface area contributed by atoms with Gasteiger partial charge in [0.05, 0.1) is 26.4 Å². The summed E-state index contributed by atoms with van der Waals surface area (Å²) >= 11 is 0. The summed E-state index contributed by atoms with van der Waals surface area (Å²) in [6.45, 7) is 5.38. The molecular formula is C28H42N4O6. The average molecular weight is 531 g/mol. The highest BCUT2D eigenvalue weighted by Crippen LogP contribution is 2.27. The Morgan fingerprint density at radius 3 is 2.29 bits per heavy atom. The van der Waals surface area contributed by atoms with E-state index in [1.807, 2.05) is 30.3 Å². The van der Waals surface area contributed by atoms with Gasteiger partial charge in [-0.15, -0.1) is 0 Å². The SMILES string of the molecule is CC(C)NC(=O)C(=O)C(COCc1ccccc1)NC(=O)[C@H](CC1CCCCC1)NC(=O)N1CCOCC1. The summed E-state index contributed by atoms with van der Waals surface area (Å²) in [5, 5.41) is 8.20. The predicted octanol–water partition coefficient (Wildman–Crippen LogP) is 2.16. The van der Waals surface area contributed by atoms with E-state index in [0.29, 0.717) is 38.6 Å². The predicted molar refractivity (Wildman–Crippen MR) is 142 cm³/mol. The molecule has 4 amide bonds. The van der Waals surface area contributed by atoms with Crippen LogP contribution in [-0.2, 0) is 30.5 Å². The van der Waals surface area contributed by atoms with Crippen LogP contribution in [0.1, 0.15) is 57.9 Å². The fourth-order valence-electron chi connectivity index (χ4n) is 4.81. The highest BCUT2D eigenvalue weighted by Gasteiger charge is 2.33. The van der Waals surface area contributed by atoms with Gasteiger partial charge in [0, 0.05) is 19.1 Å². The van der Waals surface area contributed by atoms with Crippen molar-refractivity contribution < 1.29 is 28.7 Å². The van der Waals surface area contributed by atoms with Crippen molar-refractivity contribution in [3.8, 4) is 0 Å². The first-order chi connectivity index (χ1) is 18.3. The molecule has 10 nitrogen and oxygen atoms in total. The Morgan fingerprint density at radius 1 is 0.947 bits per heavy atom. The lowest BCUT2D eigenvalue weighted by Gasteiger charge is -2.31. The molecule has 1 saturated carbocycles. The number of nitrogens with zero attached hydrogens (tertiary/aromatic N) is 1. The molecule has 0 bridgehead atoms. The number of ether oxygens (including phenoxy) is 2. The van der Waals surface area contributed by atoms with E-state index in [2.05, 4.69) is 16.0 Å². The lowest BCUT2D eigenvalue weighted by Crippen LogP contribution is -2.58. The van der Waals surface area contributed by atoms with Crippen molar-refractivity contribution in [1.29, 1.82) is 0 Å². The fraction of sp³-hybridized carbons (Fsp3) is 0.643. The molecule has 0 radical (unpaired) electrons. The van der Waals surface area contributed by atoms with Crippen LogP contribution in [0.15, 0.2) is 30.3 Å². The summed E-state index contributed by atoms with van der Waals surface area (Å²) in [7, 11) is 0. The molecule has 10 heteroatoms. The van der Waals surface area contributed by atoms with Crippen LogP contribution in [0.4, 0.5) is 4.79 Å². The molecule has 1 aliphatic heterocycles. The number of carbonyl (C=O) groups is 4. The molecule has 0 aromatic heterocycles. The van der Waals surface area contributed by atoms with Crippen LogP contribution in [-0.4, -0.2) is 79.6 Å². The Hall–Kier alpha value is -2.98. The Labute approximate surface area is 225 Å². The van der Waals surface area contributed by atoms with Crippen molar-refractivity contribution in [2.45, 2.75) is 77.1 Å². The normalized spacial score (nSPS) is 17.9. The van der Waals surface area contributed by atoms with Crippen molar-refractivity contribution in [1.82, 2.24) is 20.9 Å². The zero-order valence-corrected chi connectivity index (χ0v) is 22.6. The number of ketones is 1. The topological polar surface area (TPSA) is 126 Å². The van der Waals surface area contributed by atoms with E-state index in [-0.39, 0.29) is 25.3 Å². The molecule has 1 unspecified atom stereocenters. The summed E-state index contributed by atoms with van der Waals surface area (Å²) in [6, 6.07) is 6.86. The van der Waals surface area contributed by atoms with Gasteiger partial charge in [0.2, 0.25) is 11.7 Å². The third kappa shape index (κ3) is 9.72. The zero-order chi connectivity index (χ0) is 27.3. The molecule has 1 aromatic rings. The minimum atomic E-state index is -1.18. The minimum Gasteiger partial charge on any atom is -0.378 e. The van der Waals surface area contributed by atoms with Crippen LogP contribution in [0, 0.1) is 5.92 Å². The van der Waals surface area contributed by atoms with Crippen LogP contribution in [0.25, 0.3) is 0 Å². The zero-order valence-electron chi connectivity index (χ0n) is 22.6. The van der Waals surface area contributed by atoms with Gasteiger partial charge in [-0.1, -0.05) is 62.4 Å². The van der Waals surface area contributed by atoms with Crippen molar-refractivity contribution in [2.24, 2.45) is 5.92 Å². The van der Waals surface area contributed by atoms with E-state index < -0.39 is 29.7 Å². The van der Waals surface area contributed by atoms with Gasteiger partial charge < -0.3 is 30.3 Å². The summed E-state index contributed by atoms with van der Waals surface area (Å²) < 4.78 is 11.1. The lowest BCUT2D eigenvalue weighted by molar-refractivity contribution is -0.141. The number of Topliss-reactive ketones (excluding diaryl/α,β-unsaturated/α-hetero) is 1. The molecule has 1 aliphatic carbocycles. The minimum absolute atomic E-state index is 0.168. The number of hydrogen-bond acceptors (Lipinski definition) is 6. The molecule has 2 atom stereocenters. The summed E-state index contributed by atoms with van der Waals surface area (Å²) in [5.74, 6) is -1.75. The second-order valence-corrected chi connectivity index (χ2v) is 10.4. The number of benzene rings is 1. The summed E-state index contributed by atoms with van der Waals surface area (Å²) in [5.41, 5.74) is 0.907. The van der Waals surface area contributed by atoms with Gasteiger partial charge in [0.1, 0.15) is 12.1 Å². The lowest BCUT2D eigenvalue weighted by atomic mass is 9.84. The largest absolute Gasteiger partial charge is 0.378 e. The monoisotopic (exact) mass is 530 g/mol. The Kier molecular flexibility index (Phi) is 12.0. The van der Waals surface area contributed by atoms with E-state index in [4.69, 9.17) is 9.47 Å². The van der Waals surface area contributed by atoms with Crippen LogP contribution < -0.4 is 16.0 Å². The molecule has 210 valence electrons.